The minimum Gasteiger partial charge on any atom is -0.293 e. The van der Waals surface area contributed by atoms with Gasteiger partial charge in [0.15, 0.2) is 0 Å². The third-order valence-corrected chi connectivity index (χ3v) is 2.95. The van der Waals surface area contributed by atoms with Crippen LogP contribution in [-0.4, -0.2) is 31.4 Å². The Balaban J connectivity index is 0.000000411. The van der Waals surface area contributed by atoms with Crippen molar-refractivity contribution in [3.8, 4) is 0 Å². The molecule has 18 heavy (non-hydrogen) atoms. The van der Waals surface area contributed by atoms with Gasteiger partial charge in [0.2, 0.25) is 0 Å². The molecule has 2 N–H and O–H groups in total. The molecule has 1 aromatic carbocycles. The molecule has 5 nitrogen and oxygen atoms in total. The molecular weight excluding hydrogens is 305 g/mol. The number of thioether (sulfide) groups is 1. The van der Waals surface area contributed by atoms with E-state index in [0.29, 0.717) is 0 Å². The SMILES string of the molecule is COS(=O)(=O)O.CSC(=N)c1c(F)cccc1Cl. The van der Waals surface area contributed by atoms with Crippen LogP contribution in [0.3, 0.4) is 0 Å². The molecule has 0 radical (unpaired) electrons. The lowest BCUT2D eigenvalue weighted by Gasteiger charge is -2.03. The van der Waals surface area contributed by atoms with Gasteiger partial charge in [-0.05, 0) is 18.4 Å². The van der Waals surface area contributed by atoms with Gasteiger partial charge in [0.1, 0.15) is 5.82 Å². The second kappa shape index (κ2) is 7.70. The summed E-state index contributed by atoms with van der Waals surface area (Å²) in [4.78, 5) is 0. The molecule has 9 heteroatoms. The van der Waals surface area contributed by atoms with E-state index in [4.69, 9.17) is 21.6 Å². The predicted octanol–water partition coefficient (Wildman–Crippen LogP) is 2.60. The van der Waals surface area contributed by atoms with Gasteiger partial charge in [-0.3, -0.25) is 14.1 Å². The number of rotatable bonds is 2. The van der Waals surface area contributed by atoms with Crippen molar-refractivity contribution in [1.29, 1.82) is 5.41 Å². The summed E-state index contributed by atoms with van der Waals surface area (Å²) in [6.45, 7) is 0. The first-order valence-corrected chi connectivity index (χ1v) is 7.29. The Morgan fingerprint density at radius 2 is 2.06 bits per heavy atom. The van der Waals surface area contributed by atoms with Crippen LogP contribution >= 0.6 is 23.4 Å². The van der Waals surface area contributed by atoms with Crippen molar-refractivity contribution in [2.75, 3.05) is 13.4 Å². The van der Waals surface area contributed by atoms with Gasteiger partial charge in [-0.2, -0.15) is 8.42 Å². The fourth-order valence-electron chi connectivity index (χ4n) is 0.817. The Bertz CT molecular complexity index is 501. The van der Waals surface area contributed by atoms with Gasteiger partial charge in [-0.1, -0.05) is 17.7 Å². The van der Waals surface area contributed by atoms with Crippen molar-refractivity contribution in [1.82, 2.24) is 0 Å². The second-order valence-electron chi connectivity index (χ2n) is 2.72. The highest BCUT2D eigenvalue weighted by molar-refractivity contribution is 8.13. The van der Waals surface area contributed by atoms with Gasteiger partial charge in [-0.25, -0.2) is 4.39 Å². The molecule has 0 aliphatic rings. The van der Waals surface area contributed by atoms with E-state index in [1.807, 2.05) is 0 Å². The molecule has 1 aromatic rings. The van der Waals surface area contributed by atoms with E-state index in [9.17, 15) is 12.8 Å². The number of hydrogen-bond donors (Lipinski definition) is 2. The summed E-state index contributed by atoms with van der Waals surface area (Å²) in [5, 5.41) is 7.84. The van der Waals surface area contributed by atoms with E-state index in [0.717, 1.165) is 7.11 Å². The molecule has 0 bridgehead atoms. The summed E-state index contributed by atoms with van der Waals surface area (Å²) in [6, 6.07) is 4.39. The van der Waals surface area contributed by atoms with Crippen molar-refractivity contribution in [2.24, 2.45) is 0 Å². The fourth-order valence-corrected chi connectivity index (χ4v) is 1.54. The van der Waals surface area contributed by atoms with Crippen LogP contribution in [-0.2, 0) is 14.6 Å². The zero-order chi connectivity index (χ0) is 14.3. The standard InChI is InChI=1S/C8H7ClFNS.CH4O4S/c1-12-8(11)7-5(9)3-2-4-6(7)10;1-5-6(2,3)4/h2-4,11H,1H3;1H3,(H,2,3,4). The van der Waals surface area contributed by atoms with E-state index >= 15 is 0 Å². The summed E-state index contributed by atoms with van der Waals surface area (Å²) in [7, 11) is -3.29. The average Bonchev–Trinajstić information content (AvgIpc) is 2.28. The molecule has 0 amide bonds. The number of nitrogens with one attached hydrogen (secondary N) is 1. The Hall–Kier alpha value is -0.670. The molecule has 0 saturated heterocycles. The minimum atomic E-state index is -4.16. The molecule has 0 aliphatic carbocycles. The highest BCUT2D eigenvalue weighted by Gasteiger charge is 2.10. The van der Waals surface area contributed by atoms with Crippen LogP contribution in [0.5, 0.6) is 0 Å². The topological polar surface area (TPSA) is 87.5 Å². The van der Waals surface area contributed by atoms with E-state index in [1.54, 1.807) is 12.3 Å². The van der Waals surface area contributed by atoms with Crippen molar-refractivity contribution in [3.63, 3.8) is 0 Å². The number of benzene rings is 1. The largest absolute Gasteiger partial charge is 0.397 e. The van der Waals surface area contributed by atoms with Crippen LogP contribution < -0.4 is 0 Å². The molecule has 0 atom stereocenters. The van der Waals surface area contributed by atoms with Crippen LogP contribution in [0.15, 0.2) is 18.2 Å². The van der Waals surface area contributed by atoms with Gasteiger partial charge in [0, 0.05) is 0 Å². The third kappa shape index (κ3) is 6.31. The summed E-state index contributed by atoms with van der Waals surface area (Å²) in [5.74, 6) is -0.443. The van der Waals surface area contributed by atoms with Crippen molar-refractivity contribution < 1.29 is 21.5 Å². The summed E-state index contributed by atoms with van der Waals surface area (Å²) in [6.07, 6.45) is 1.71. The molecule has 0 fully saturated rings. The molecule has 0 heterocycles. The molecule has 0 unspecified atom stereocenters. The number of hydrogen-bond acceptors (Lipinski definition) is 5. The van der Waals surface area contributed by atoms with Crippen LogP contribution in [0.1, 0.15) is 5.56 Å². The van der Waals surface area contributed by atoms with Crippen LogP contribution in [0.4, 0.5) is 4.39 Å². The Morgan fingerprint density at radius 3 is 2.39 bits per heavy atom. The molecule has 0 aliphatic heterocycles. The zero-order valence-electron chi connectivity index (χ0n) is 9.48. The summed E-state index contributed by atoms with van der Waals surface area (Å²) in [5.41, 5.74) is 0.187. The highest BCUT2D eigenvalue weighted by atomic mass is 35.5. The van der Waals surface area contributed by atoms with E-state index < -0.39 is 16.2 Å². The Labute approximate surface area is 114 Å². The first-order valence-electron chi connectivity index (χ1n) is 4.33. The predicted molar refractivity (Wildman–Crippen MR) is 70.3 cm³/mol. The van der Waals surface area contributed by atoms with Gasteiger partial charge < -0.3 is 0 Å². The molecule has 1 rings (SSSR count). The molecule has 0 spiro atoms. The van der Waals surface area contributed by atoms with Gasteiger partial charge in [-0.15, -0.1) is 11.8 Å². The van der Waals surface area contributed by atoms with Crippen LogP contribution in [0.25, 0.3) is 0 Å². The molecule has 102 valence electrons. The maximum absolute atomic E-state index is 13.0. The number of halogens is 2. The van der Waals surface area contributed by atoms with Crippen molar-refractivity contribution in [3.05, 3.63) is 34.6 Å². The quantitative estimate of drug-likeness (QED) is 0.497. The Morgan fingerprint density at radius 1 is 1.56 bits per heavy atom. The molecule has 0 aromatic heterocycles. The van der Waals surface area contributed by atoms with Crippen LogP contribution in [0, 0.1) is 11.2 Å². The second-order valence-corrected chi connectivity index (χ2v) is 5.14. The maximum Gasteiger partial charge on any atom is 0.397 e. The lowest BCUT2D eigenvalue weighted by molar-refractivity contribution is 0.324. The van der Waals surface area contributed by atoms with E-state index in [2.05, 4.69) is 4.18 Å². The van der Waals surface area contributed by atoms with Gasteiger partial charge in [0.05, 0.1) is 22.7 Å². The average molecular weight is 316 g/mol. The normalized spacial score (nSPS) is 10.5. The molecule has 0 saturated carbocycles. The lowest BCUT2D eigenvalue weighted by atomic mass is 10.2. The first kappa shape index (κ1) is 17.3. The third-order valence-electron chi connectivity index (χ3n) is 1.60. The Kier molecular flexibility index (Phi) is 7.41. The monoisotopic (exact) mass is 315 g/mol. The summed E-state index contributed by atoms with van der Waals surface area (Å²) >= 11 is 6.87. The highest BCUT2D eigenvalue weighted by Crippen LogP contribution is 2.22. The zero-order valence-corrected chi connectivity index (χ0v) is 11.9. The smallest absolute Gasteiger partial charge is 0.293 e. The summed E-state index contributed by atoms with van der Waals surface area (Å²) < 4.78 is 42.8. The fraction of sp³-hybridized carbons (Fsp3) is 0.222. The first-order chi connectivity index (χ1) is 8.22. The lowest BCUT2D eigenvalue weighted by Crippen LogP contribution is -1.97. The van der Waals surface area contributed by atoms with Gasteiger partial charge in [0.25, 0.3) is 0 Å². The van der Waals surface area contributed by atoms with Gasteiger partial charge >= 0.3 is 10.4 Å². The minimum absolute atomic E-state index is 0.151. The van der Waals surface area contributed by atoms with E-state index in [1.165, 1.54) is 23.9 Å². The van der Waals surface area contributed by atoms with Crippen molar-refractivity contribution in [2.45, 2.75) is 0 Å². The molecular formula is C9H11ClFNO4S2. The van der Waals surface area contributed by atoms with E-state index in [-0.39, 0.29) is 15.6 Å². The van der Waals surface area contributed by atoms with Crippen molar-refractivity contribution >= 4 is 38.8 Å². The van der Waals surface area contributed by atoms with Crippen LogP contribution in [0.2, 0.25) is 5.02 Å². The maximum atomic E-state index is 13.0.